The van der Waals surface area contributed by atoms with Gasteiger partial charge in [-0.25, -0.2) is 4.79 Å². The second-order valence-electron chi connectivity index (χ2n) is 2.78. The lowest BCUT2D eigenvalue weighted by Crippen LogP contribution is -2.16. The van der Waals surface area contributed by atoms with Gasteiger partial charge in [-0.2, -0.15) is 0 Å². The molecule has 0 aliphatic rings. The van der Waals surface area contributed by atoms with Crippen molar-refractivity contribution in [2.45, 2.75) is 6.10 Å². The first-order chi connectivity index (χ1) is 7.27. The van der Waals surface area contributed by atoms with Gasteiger partial charge in [0, 0.05) is 0 Å². The van der Waals surface area contributed by atoms with E-state index in [2.05, 4.69) is 0 Å². The van der Waals surface area contributed by atoms with Gasteiger partial charge in [0.25, 0.3) is 0 Å². The molecule has 1 N–H and O–H groups in total. The quantitative estimate of drug-likeness (QED) is 0.893. The summed E-state index contributed by atoms with van der Waals surface area (Å²) in [5.74, 6) is -0.967. The van der Waals surface area contributed by atoms with E-state index >= 15 is 0 Å². The van der Waals surface area contributed by atoms with Crippen molar-refractivity contribution in [2.75, 3.05) is 0 Å². The second kappa shape index (κ2) is 4.46. The van der Waals surface area contributed by atoms with Crippen LogP contribution in [0, 0.1) is 0 Å². The van der Waals surface area contributed by atoms with Gasteiger partial charge >= 0.3 is 5.97 Å². The molecule has 0 amide bonds. The summed E-state index contributed by atoms with van der Waals surface area (Å²) in [6, 6.07) is 7.16. The molecule has 1 unspecified atom stereocenters. The summed E-state index contributed by atoms with van der Waals surface area (Å²) in [5.41, 5.74) is 0. The molecule has 0 radical (unpaired) electrons. The van der Waals surface area contributed by atoms with Crippen LogP contribution < -0.4 is 4.74 Å². The van der Waals surface area contributed by atoms with E-state index in [-0.39, 0.29) is 0 Å². The van der Waals surface area contributed by atoms with Crippen LogP contribution in [0.4, 0.5) is 0 Å². The van der Waals surface area contributed by atoms with E-state index in [1.165, 1.54) is 22.7 Å². The number of aliphatic carboxylic acids is 1. The molecule has 2 heterocycles. The Morgan fingerprint density at radius 3 is 2.53 bits per heavy atom. The van der Waals surface area contributed by atoms with E-state index < -0.39 is 12.1 Å². The van der Waals surface area contributed by atoms with E-state index in [0.717, 1.165) is 0 Å². The van der Waals surface area contributed by atoms with Crippen LogP contribution >= 0.6 is 22.7 Å². The van der Waals surface area contributed by atoms with Crippen molar-refractivity contribution < 1.29 is 14.6 Å². The Hall–Kier alpha value is -1.33. The number of carboxylic acid groups (broad SMARTS) is 1. The largest absolute Gasteiger partial charge is 0.478 e. The van der Waals surface area contributed by atoms with Gasteiger partial charge in [-0.05, 0) is 29.0 Å². The van der Waals surface area contributed by atoms with E-state index in [1.54, 1.807) is 12.1 Å². The molecule has 2 aromatic rings. The first kappa shape index (κ1) is 10.2. The smallest absolute Gasteiger partial charge is 0.350 e. The summed E-state index contributed by atoms with van der Waals surface area (Å²) >= 11 is 2.77. The van der Waals surface area contributed by atoms with Gasteiger partial charge in [0.2, 0.25) is 6.10 Å². The molecule has 3 nitrogen and oxygen atoms in total. The Kier molecular flexibility index (Phi) is 3.03. The maximum absolute atomic E-state index is 11.0. The van der Waals surface area contributed by atoms with Crippen LogP contribution in [0.15, 0.2) is 35.0 Å². The Labute approximate surface area is 94.6 Å². The fourth-order valence-corrected chi connectivity index (χ4v) is 2.46. The van der Waals surface area contributed by atoms with Crippen LogP contribution in [0.2, 0.25) is 0 Å². The average molecular weight is 240 g/mol. The first-order valence-electron chi connectivity index (χ1n) is 4.24. The molecular weight excluding hydrogens is 232 g/mol. The lowest BCUT2D eigenvalue weighted by Gasteiger charge is -2.11. The molecule has 5 heteroatoms. The Morgan fingerprint density at radius 1 is 1.27 bits per heavy atom. The van der Waals surface area contributed by atoms with E-state index in [0.29, 0.717) is 9.94 Å². The number of carboxylic acids is 1. The number of ether oxygens (including phenoxy) is 1. The maximum Gasteiger partial charge on any atom is 0.350 e. The molecule has 1 atom stereocenters. The van der Waals surface area contributed by atoms with Crippen molar-refractivity contribution in [3.8, 4) is 5.06 Å². The highest BCUT2D eigenvalue weighted by atomic mass is 32.1. The zero-order chi connectivity index (χ0) is 10.7. The van der Waals surface area contributed by atoms with Gasteiger partial charge in [0.15, 0.2) is 5.06 Å². The average Bonchev–Trinajstić information content (AvgIpc) is 2.87. The van der Waals surface area contributed by atoms with Crippen LogP contribution in [0.5, 0.6) is 5.06 Å². The monoisotopic (exact) mass is 240 g/mol. The molecule has 15 heavy (non-hydrogen) atoms. The minimum absolute atomic E-state index is 0.621. The molecule has 0 aliphatic carbocycles. The summed E-state index contributed by atoms with van der Waals surface area (Å²) in [6.07, 6.45) is -0.899. The number of hydrogen-bond donors (Lipinski definition) is 1. The molecule has 0 spiro atoms. The highest BCUT2D eigenvalue weighted by molar-refractivity contribution is 7.12. The third-order valence-corrected chi connectivity index (χ3v) is 3.43. The topological polar surface area (TPSA) is 46.5 Å². The molecule has 2 aromatic heterocycles. The summed E-state index contributed by atoms with van der Waals surface area (Å²) < 4.78 is 5.39. The zero-order valence-corrected chi connectivity index (χ0v) is 9.25. The highest BCUT2D eigenvalue weighted by Gasteiger charge is 2.23. The standard InChI is InChI=1S/C10H8O3S2/c11-10(12)9(7-3-1-5-14-7)13-8-4-2-6-15-8/h1-6,9H,(H,11,12). The minimum atomic E-state index is -0.967. The molecule has 78 valence electrons. The summed E-state index contributed by atoms with van der Waals surface area (Å²) in [4.78, 5) is 11.7. The van der Waals surface area contributed by atoms with Crippen molar-refractivity contribution in [3.63, 3.8) is 0 Å². The van der Waals surface area contributed by atoms with Gasteiger partial charge in [-0.1, -0.05) is 6.07 Å². The van der Waals surface area contributed by atoms with Crippen LogP contribution in [0.1, 0.15) is 11.0 Å². The predicted octanol–water partition coefficient (Wildman–Crippen LogP) is 3.01. The third kappa shape index (κ3) is 2.37. The summed E-state index contributed by atoms with van der Waals surface area (Å²) in [6.45, 7) is 0. The Morgan fingerprint density at radius 2 is 2.00 bits per heavy atom. The van der Waals surface area contributed by atoms with Gasteiger partial charge in [-0.15, -0.1) is 22.7 Å². The Balaban J connectivity index is 2.18. The fourth-order valence-electron chi connectivity index (χ4n) is 1.12. The lowest BCUT2D eigenvalue weighted by atomic mass is 10.3. The molecular formula is C10H8O3S2. The van der Waals surface area contributed by atoms with E-state index in [4.69, 9.17) is 9.84 Å². The normalized spacial score (nSPS) is 12.3. The SMILES string of the molecule is O=C(O)C(Oc1cccs1)c1cccs1. The van der Waals surface area contributed by atoms with Gasteiger partial charge in [0.05, 0.1) is 4.88 Å². The minimum Gasteiger partial charge on any atom is -0.478 e. The number of rotatable bonds is 4. The molecule has 0 fully saturated rings. The molecule has 0 saturated heterocycles. The van der Waals surface area contributed by atoms with Crippen LogP contribution in [-0.2, 0) is 4.79 Å². The second-order valence-corrected chi connectivity index (χ2v) is 4.67. The van der Waals surface area contributed by atoms with Crippen molar-refractivity contribution in [1.29, 1.82) is 0 Å². The molecule has 2 rings (SSSR count). The number of thiophene rings is 2. The van der Waals surface area contributed by atoms with Crippen molar-refractivity contribution in [1.82, 2.24) is 0 Å². The number of carbonyl (C=O) groups is 1. The van der Waals surface area contributed by atoms with Gasteiger partial charge in [-0.3, -0.25) is 0 Å². The highest BCUT2D eigenvalue weighted by Crippen LogP contribution is 2.28. The van der Waals surface area contributed by atoms with Crippen molar-refractivity contribution >= 4 is 28.6 Å². The molecule has 0 bridgehead atoms. The van der Waals surface area contributed by atoms with Crippen molar-refractivity contribution in [2.24, 2.45) is 0 Å². The first-order valence-corrected chi connectivity index (χ1v) is 5.99. The van der Waals surface area contributed by atoms with Crippen LogP contribution in [-0.4, -0.2) is 11.1 Å². The summed E-state index contributed by atoms with van der Waals surface area (Å²) in [7, 11) is 0. The molecule has 0 aromatic carbocycles. The Bertz CT molecular complexity index is 419. The maximum atomic E-state index is 11.0. The van der Waals surface area contributed by atoms with E-state index in [1.807, 2.05) is 22.9 Å². The predicted molar refractivity (Wildman–Crippen MR) is 59.6 cm³/mol. The van der Waals surface area contributed by atoms with Crippen LogP contribution in [0.25, 0.3) is 0 Å². The number of hydrogen-bond acceptors (Lipinski definition) is 4. The van der Waals surface area contributed by atoms with Gasteiger partial charge in [0.1, 0.15) is 0 Å². The van der Waals surface area contributed by atoms with Gasteiger partial charge < -0.3 is 9.84 Å². The molecule has 0 saturated carbocycles. The van der Waals surface area contributed by atoms with Crippen molar-refractivity contribution in [3.05, 3.63) is 39.9 Å². The van der Waals surface area contributed by atoms with E-state index in [9.17, 15) is 4.79 Å². The zero-order valence-electron chi connectivity index (χ0n) is 7.62. The van der Waals surface area contributed by atoms with Crippen LogP contribution in [0.3, 0.4) is 0 Å². The summed E-state index contributed by atoms with van der Waals surface area (Å²) in [5, 5.41) is 13.3. The lowest BCUT2D eigenvalue weighted by molar-refractivity contribution is -0.145. The fraction of sp³-hybridized carbons (Fsp3) is 0.100. The third-order valence-electron chi connectivity index (χ3n) is 1.75. The molecule has 0 aliphatic heterocycles.